The quantitative estimate of drug-likeness (QED) is 0.611. The summed E-state index contributed by atoms with van der Waals surface area (Å²) in [5.74, 6) is 0.965. The Hall–Kier alpha value is -1.32. The van der Waals surface area contributed by atoms with Crippen LogP contribution in [0.15, 0.2) is 10.9 Å². The van der Waals surface area contributed by atoms with E-state index in [0.717, 1.165) is 11.5 Å². The van der Waals surface area contributed by atoms with Crippen molar-refractivity contribution in [2.24, 2.45) is 0 Å². The highest BCUT2D eigenvalue weighted by Crippen LogP contribution is 2.29. The van der Waals surface area contributed by atoms with Gasteiger partial charge >= 0.3 is 5.69 Å². The second kappa shape index (κ2) is 2.59. The van der Waals surface area contributed by atoms with Gasteiger partial charge < -0.3 is 4.90 Å². The Labute approximate surface area is 83.2 Å². The third-order valence-electron chi connectivity index (χ3n) is 2.91. The molecule has 1 aliphatic rings. The fraction of sp³-hybridized carbons (Fsp3) is 0.600. The first-order valence-electron chi connectivity index (χ1n) is 4.74. The van der Waals surface area contributed by atoms with Gasteiger partial charge in [-0.3, -0.25) is 4.57 Å². The molecule has 0 radical (unpaired) electrons. The van der Waals surface area contributed by atoms with Crippen LogP contribution in [0.2, 0.25) is 0 Å². The van der Waals surface area contributed by atoms with Crippen molar-refractivity contribution in [3.05, 3.63) is 22.2 Å². The zero-order valence-corrected chi connectivity index (χ0v) is 9.03. The molecule has 2 rings (SSSR count). The molecule has 4 nitrogen and oxygen atoms in total. The van der Waals surface area contributed by atoms with Crippen LogP contribution in [0.5, 0.6) is 0 Å². The molecular weight excluding hydrogens is 178 g/mol. The summed E-state index contributed by atoms with van der Waals surface area (Å²) in [7, 11) is 2.01. The number of hydrogen-bond acceptors (Lipinski definition) is 3. The third-order valence-corrected chi connectivity index (χ3v) is 2.91. The van der Waals surface area contributed by atoms with E-state index in [1.807, 2.05) is 20.0 Å². The molecule has 0 saturated carbocycles. The number of likely N-dealkylation sites (N-methyl/N-ethyl adjacent to an activating group) is 1. The lowest BCUT2D eigenvalue weighted by Gasteiger charge is -2.28. The van der Waals surface area contributed by atoms with Gasteiger partial charge in [-0.15, -0.1) is 0 Å². The molecule has 1 aromatic rings. The average Bonchev–Trinajstić information content (AvgIpc) is 2.28. The number of aryl methyl sites for hydroxylation is 1. The van der Waals surface area contributed by atoms with Crippen molar-refractivity contribution in [1.82, 2.24) is 9.55 Å². The molecule has 1 aliphatic heterocycles. The molecule has 0 saturated heterocycles. The number of hydrogen-bond donors (Lipinski definition) is 0. The molecule has 2 heterocycles. The third kappa shape index (κ3) is 1.14. The first-order chi connectivity index (χ1) is 6.42. The topological polar surface area (TPSA) is 38.1 Å². The summed E-state index contributed by atoms with van der Waals surface area (Å²) in [4.78, 5) is 17.6. The summed E-state index contributed by atoms with van der Waals surface area (Å²) in [5.41, 5.74) is 0.643. The molecule has 0 aliphatic carbocycles. The minimum absolute atomic E-state index is 0.00162. The SMILES string of the molecule is Cc1cc2n(c(=O)n1)CC(C)(C)N2C. The van der Waals surface area contributed by atoms with Gasteiger partial charge in [0.2, 0.25) is 0 Å². The van der Waals surface area contributed by atoms with Gasteiger partial charge in [-0.25, -0.2) is 4.79 Å². The van der Waals surface area contributed by atoms with Crippen LogP contribution in [0.25, 0.3) is 0 Å². The van der Waals surface area contributed by atoms with Crippen molar-refractivity contribution >= 4 is 5.82 Å². The summed E-state index contributed by atoms with van der Waals surface area (Å²) in [6.45, 7) is 6.80. The van der Waals surface area contributed by atoms with Gasteiger partial charge in [0.05, 0.1) is 12.1 Å². The summed E-state index contributed by atoms with van der Waals surface area (Å²) < 4.78 is 1.73. The lowest BCUT2D eigenvalue weighted by Crippen LogP contribution is -2.38. The predicted octanol–water partition coefficient (Wildman–Crippen LogP) is 0.780. The van der Waals surface area contributed by atoms with E-state index in [1.165, 1.54) is 0 Å². The summed E-state index contributed by atoms with van der Waals surface area (Å²) in [5, 5.41) is 0. The second-order valence-electron chi connectivity index (χ2n) is 4.50. The van der Waals surface area contributed by atoms with E-state index in [2.05, 4.69) is 23.7 Å². The Morgan fingerprint density at radius 2 is 2.14 bits per heavy atom. The monoisotopic (exact) mass is 193 g/mol. The largest absolute Gasteiger partial charge is 0.354 e. The summed E-state index contributed by atoms with van der Waals surface area (Å²) in [6.07, 6.45) is 0. The Balaban J connectivity index is 2.65. The van der Waals surface area contributed by atoms with Crippen LogP contribution >= 0.6 is 0 Å². The Morgan fingerprint density at radius 3 is 2.79 bits per heavy atom. The van der Waals surface area contributed by atoms with Crippen molar-refractivity contribution in [3.63, 3.8) is 0 Å². The van der Waals surface area contributed by atoms with E-state index in [0.29, 0.717) is 6.54 Å². The molecular formula is C10H15N3O. The smallest absolute Gasteiger partial charge is 0.349 e. The van der Waals surface area contributed by atoms with Crippen molar-refractivity contribution in [1.29, 1.82) is 0 Å². The van der Waals surface area contributed by atoms with Crippen LogP contribution in [-0.2, 0) is 6.54 Å². The highest BCUT2D eigenvalue weighted by Gasteiger charge is 2.34. The predicted molar refractivity (Wildman–Crippen MR) is 55.7 cm³/mol. The molecule has 0 N–H and O–H groups in total. The van der Waals surface area contributed by atoms with Crippen molar-refractivity contribution < 1.29 is 0 Å². The van der Waals surface area contributed by atoms with E-state index in [4.69, 9.17) is 0 Å². The maximum atomic E-state index is 11.6. The molecule has 14 heavy (non-hydrogen) atoms. The maximum Gasteiger partial charge on any atom is 0.349 e. The normalized spacial score (nSPS) is 18.4. The van der Waals surface area contributed by atoms with E-state index < -0.39 is 0 Å². The maximum absolute atomic E-state index is 11.6. The van der Waals surface area contributed by atoms with Crippen LogP contribution in [-0.4, -0.2) is 22.1 Å². The molecule has 0 unspecified atom stereocenters. The Morgan fingerprint density at radius 1 is 1.50 bits per heavy atom. The van der Waals surface area contributed by atoms with Gasteiger partial charge in [0.25, 0.3) is 0 Å². The van der Waals surface area contributed by atoms with Gasteiger partial charge in [-0.2, -0.15) is 4.98 Å². The Bertz CT molecular complexity index is 433. The second-order valence-corrected chi connectivity index (χ2v) is 4.50. The molecule has 0 amide bonds. The first kappa shape index (κ1) is 9.24. The molecule has 0 spiro atoms. The first-order valence-corrected chi connectivity index (χ1v) is 4.74. The minimum atomic E-state index is -0.141. The molecule has 1 aromatic heterocycles. The number of rotatable bonds is 0. The molecule has 76 valence electrons. The number of nitrogens with zero attached hydrogens (tertiary/aromatic N) is 3. The van der Waals surface area contributed by atoms with Crippen molar-refractivity contribution in [2.45, 2.75) is 32.9 Å². The fourth-order valence-electron chi connectivity index (χ4n) is 1.84. The van der Waals surface area contributed by atoms with Crippen molar-refractivity contribution in [3.8, 4) is 0 Å². The lowest BCUT2D eigenvalue weighted by atomic mass is 10.1. The zero-order valence-electron chi connectivity index (χ0n) is 9.03. The van der Waals surface area contributed by atoms with E-state index in [1.54, 1.807) is 4.57 Å². The zero-order chi connectivity index (χ0) is 10.5. The van der Waals surface area contributed by atoms with Gasteiger partial charge in [0, 0.05) is 18.8 Å². The van der Waals surface area contributed by atoms with E-state index in [9.17, 15) is 4.79 Å². The lowest BCUT2D eigenvalue weighted by molar-refractivity contribution is 0.466. The van der Waals surface area contributed by atoms with Crippen LogP contribution in [0.3, 0.4) is 0 Å². The number of aromatic nitrogens is 2. The van der Waals surface area contributed by atoms with Gasteiger partial charge in [-0.05, 0) is 20.8 Å². The molecule has 4 heteroatoms. The highest BCUT2D eigenvalue weighted by atomic mass is 16.1. The molecule has 0 aromatic carbocycles. The van der Waals surface area contributed by atoms with Crippen LogP contribution < -0.4 is 10.6 Å². The highest BCUT2D eigenvalue weighted by molar-refractivity contribution is 5.46. The molecule has 0 atom stereocenters. The molecule has 0 fully saturated rings. The van der Waals surface area contributed by atoms with Crippen LogP contribution in [0.4, 0.5) is 5.82 Å². The van der Waals surface area contributed by atoms with Crippen LogP contribution in [0.1, 0.15) is 19.5 Å². The fourth-order valence-corrected chi connectivity index (χ4v) is 1.84. The van der Waals surface area contributed by atoms with Crippen molar-refractivity contribution in [2.75, 3.05) is 11.9 Å². The van der Waals surface area contributed by atoms with Gasteiger partial charge in [0.1, 0.15) is 5.82 Å². The number of anilines is 1. The summed E-state index contributed by atoms with van der Waals surface area (Å²) >= 11 is 0. The van der Waals surface area contributed by atoms with Gasteiger partial charge in [-0.1, -0.05) is 0 Å². The van der Waals surface area contributed by atoms with Crippen LogP contribution in [0, 0.1) is 6.92 Å². The molecule has 0 bridgehead atoms. The van der Waals surface area contributed by atoms with Gasteiger partial charge in [0.15, 0.2) is 0 Å². The summed E-state index contributed by atoms with van der Waals surface area (Å²) in [6, 6.07) is 1.95. The van der Waals surface area contributed by atoms with E-state index >= 15 is 0 Å². The average molecular weight is 193 g/mol. The Kier molecular flexibility index (Phi) is 1.71. The number of fused-ring (bicyclic) bond motifs is 1. The van der Waals surface area contributed by atoms with E-state index in [-0.39, 0.29) is 11.2 Å². The standard InChI is InChI=1S/C10H15N3O/c1-7-5-8-12(4)10(2,3)6-13(8)9(14)11-7/h5H,6H2,1-4H3. The minimum Gasteiger partial charge on any atom is -0.354 e.